The van der Waals surface area contributed by atoms with Crippen molar-refractivity contribution in [2.24, 2.45) is 5.10 Å². The molecule has 0 bridgehead atoms. The minimum atomic E-state index is -0.218. The summed E-state index contributed by atoms with van der Waals surface area (Å²) >= 11 is 3.42. The average molecular weight is 510 g/mol. The van der Waals surface area contributed by atoms with Crippen LogP contribution in [0.4, 0.5) is 0 Å². The van der Waals surface area contributed by atoms with Gasteiger partial charge in [-0.2, -0.15) is 15.0 Å². The molecule has 0 radical (unpaired) electrons. The van der Waals surface area contributed by atoms with Gasteiger partial charge in [-0.3, -0.25) is 4.79 Å². The molecule has 5 rings (SSSR count). The average Bonchev–Trinajstić information content (AvgIpc) is 3.11. The molecule has 0 aliphatic carbocycles. The fraction of sp³-hybridized carbons (Fsp3) is 0.111. The maximum atomic E-state index is 13.1. The van der Waals surface area contributed by atoms with Gasteiger partial charge < -0.3 is 4.57 Å². The second-order valence-electron chi connectivity index (χ2n) is 8.05. The second-order valence-corrected chi connectivity index (χ2v) is 8.97. The van der Waals surface area contributed by atoms with Crippen LogP contribution in [0.2, 0.25) is 0 Å². The monoisotopic (exact) mass is 509 g/mol. The zero-order valence-electron chi connectivity index (χ0n) is 18.7. The van der Waals surface area contributed by atoms with Gasteiger partial charge >= 0.3 is 0 Å². The molecule has 0 aliphatic heterocycles. The topological polar surface area (TPSA) is 76.0 Å². The second kappa shape index (κ2) is 8.73. The van der Waals surface area contributed by atoms with Crippen molar-refractivity contribution in [2.45, 2.75) is 20.4 Å². The number of nitrogens with zero attached hydrogens (tertiary/aromatic N) is 5. The smallest absolute Gasteiger partial charge is 0.282 e. The Hall–Kier alpha value is -4.02. The lowest BCUT2D eigenvalue weighted by atomic mass is 10.1. The summed E-state index contributed by atoms with van der Waals surface area (Å²) in [6.07, 6.45) is 1.73. The molecule has 34 heavy (non-hydrogen) atoms. The van der Waals surface area contributed by atoms with Crippen molar-refractivity contribution in [3.8, 4) is 6.07 Å². The first-order chi connectivity index (χ1) is 16.5. The normalized spacial score (nSPS) is 11.5. The number of aryl methyl sites for hydroxylation is 1. The number of fused-ring (bicyclic) bond motifs is 2. The molecule has 6 nitrogen and oxygen atoms in total. The number of rotatable bonds is 4. The molecule has 0 spiro atoms. The van der Waals surface area contributed by atoms with Crippen molar-refractivity contribution in [1.29, 1.82) is 5.26 Å². The summed E-state index contributed by atoms with van der Waals surface area (Å²) in [5, 5.41) is 15.6. The van der Waals surface area contributed by atoms with Crippen LogP contribution in [0.15, 0.2) is 81.1 Å². The third kappa shape index (κ3) is 3.72. The van der Waals surface area contributed by atoms with E-state index in [-0.39, 0.29) is 5.56 Å². The number of para-hydroxylation sites is 1. The van der Waals surface area contributed by atoms with Gasteiger partial charge in [-0.15, -0.1) is 0 Å². The van der Waals surface area contributed by atoms with Gasteiger partial charge in [0.15, 0.2) is 0 Å². The van der Waals surface area contributed by atoms with Gasteiger partial charge in [0.25, 0.3) is 5.56 Å². The van der Waals surface area contributed by atoms with Crippen molar-refractivity contribution >= 4 is 44.0 Å². The largest absolute Gasteiger partial charge is 0.340 e. The fourth-order valence-electron chi connectivity index (χ4n) is 4.27. The zero-order chi connectivity index (χ0) is 23.8. The predicted octanol–water partition coefficient (Wildman–Crippen LogP) is 5.53. The highest BCUT2D eigenvalue weighted by Crippen LogP contribution is 2.26. The van der Waals surface area contributed by atoms with Crippen LogP contribution in [0.25, 0.3) is 21.8 Å². The quantitative estimate of drug-likeness (QED) is 0.298. The van der Waals surface area contributed by atoms with Crippen molar-refractivity contribution in [2.75, 3.05) is 0 Å². The molecule has 0 N–H and O–H groups in total. The summed E-state index contributed by atoms with van der Waals surface area (Å²) in [6.45, 7) is 4.37. The molecule has 2 heterocycles. The zero-order valence-corrected chi connectivity index (χ0v) is 20.2. The Morgan fingerprint density at radius 2 is 1.82 bits per heavy atom. The minimum absolute atomic E-state index is 0.218. The number of hydrogen-bond donors (Lipinski definition) is 0. The van der Waals surface area contributed by atoms with Crippen LogP contribution in [0.5, 0.6) is 0 Å². The molecule has 2 aromatic heterocycles. The predicted molar refractivity (Wildman–Crippen MR) is 138 cm³/mol. The third-order valence-corrected chi connectivity index (χ3v) is 6.51. The van der Waals surface area contributed by atoms with Crippen molar-refractivity contribution in [1.82, 2.24) is 14.2 Å². The Bertz CT molecular complexity index is 1700. The van der Waals surface area contributed by atoms with E-state index in [1.807, 2.05) is 61.5 Å². The number of aromatic nitrogens is 3. The van der Waals surface area contributed by atoms with E-state index in [0.717, 1.165) is 32.2 Å². The van der Waals surface area contributed by atoms with Gasteiger partial charge in [-0.25, -0.2) is 4.98 Å². The van der Waals surface area contributed by atoms with Gasteiger partial charge in [0.05, 0.1) is 28.8 Å². The number of hydrogen-bond acceptors (Lipinski definition) is 4. The number of benzene rings is 3. The van der Waals surface area contributed by atoms with E-state index in [2.05, 4.69) is 42.7 Å². The Labute approximate surface area is 204 Å². The Kier molecular flexibility index (Phi) is 5.60. The summed E-state index contributed by atoms with van der Waals surface area (Å²) < 4.78 is 4.33. The molecule has 0 amide bonds. The molecule has 5 aromatic rings. The van der Waals surface area contributed by atoms with Gasteiger partial charge in [0.1, 0.15) is 5.82 Å². The van der Waals surface area contributed by atoms with Crippen molar-refractivity contribution in [3.05, 3.63) is 110 Å². The van der Waals surface area contributed by atoms with Crippen LogP contribution in [0.3, 0.4) is 0 Å². The Balaban J connectivity index is 1.64. The summed E-state index contributed by atoms with van der Waals surface area (Å²) in [5.41, 5.74) is 4.99. The highest BCUT2D eigenvalue weighted by atomic mass is 79.9. The van der Waals surface area contributed by atoms with E-state index in [0.29, 0.717) is 28.8 Å². The maximum absolute atomic E-state index is 13.1. The molecule has 0 fully saturated rings. The van der Waals surface area contributed by atoms with Crippen LogP contribution in [0, 0.1) is 25.2 Å². The molecule has 3 aromatic carbocycles. The molecule has 0 saturated carbocycles. The van der Waals surface area contributed by atoms with E-state index in [4.69, 9.17) is 0 Å². The standard InChI is InChI=1S/C27H20BrN5O/c1-17-24(15-30-33-18(2)31-25-12-11-21(28)13-23(25)27(33)34)22-9-5-6-10-26(22)32(17)16-20-8-4-3-7-19(20)14-29/h3-13,15H,16H2,1-2H3. The van der Waals surface area contributed by atoms with Crippen molar-refractivity contribution in [3.63, 3.8) is 0 Å². The van der Waals surface area contributed by atoms with Gasteiger partial charge in [-0.1, -0.05) is 52.3 Å². The number of halogens is 1. The maximum Gasteiger partial charge on any atom is 0.282 e. The fourth-order valence-corrected chi connectivity index (χ4v) is 4.63. The van der Waals surface area contributed by atoms with E-state index in [1.165, 1.54) is 4.68 Å². The van der Waals surface area contributed by atoms with Crippen molar-refractivity contribution < 1.29 is 0 Å². The van der Waals surface area contributed by atoms with E-state index >= 15 is 0 Å². The highest BCUT2D eigenvalue weighted by Gasteiger charge is 2.15. The molecule has 0 unspecified atom stereocenters. The SMILES string of the molecule is Cc1nc2ccc(Br)cc2c(=O)n1N=Cc1c(C)n(Cc2ccccc2C#N)c2ccccc12. The summed E-state index contributed by atoms with van der Waals surface area (Å²) in [7, 11) is 0. The number of nitriles is 1. The first-order valence-corrected chi connectivity index (χ1v) is 11.6. The first-order valence-electron chi connectivity index (χ1n) is 10.8. The molecule has 0 aliphatic rings. The van der Waals surface area contributed by atoms with Crippen LogP contribution in [0.1, 0.15) is 28.2 Å². The van der Waals surface area contributed by atoms with Gasteiger partial charge in [0, 0.05) is 33.2 Å². The highest BCUT2D eigenvalue weighted by molar-refractivity contribution is 9.10. The summed E-state index contributed by atoms with van der Waals surface area (Å²) in [4.78, 5) is 17.7. The first kappa shape index (κ1) is 21.8. The molecule has 0 saturated heterocycles. The molecular formula is C27H20BrN5O. The molecule has 166 valence electrons. The Morgan fingerprint density at radius 1 is 1.06 bits per heavy atom. The summed E-state index contributed by atoms with van der Waals surface area (Å²) in [6, 6.07) is 23.4. The van der Waals surface area contributed by atoms with E-state index in [1.54, 1.807) is 19.2 Å². The Morgan fingerprint density at radius 3 is 2.65 bits per heavy atom. The van der Waals surface area contributed by atoms with E-state index in [9.17, 15) is 10.1 Å². The molecule has 7 heteroatoms. The minimum Gasteiger partial charge on any atom is -0.340 e. The lowest BCUT2D eigenvalue weighted by molar-refractivity contribution is 0.769. The molecule has 0 atom stereocenters. The van der Waals surface area contributed by atoms with E-state index < -0.39 is 0 Å². The lowest BCUT2D eigenvalue weighted by Gasteiger charge is -2.10. The van der Waals surface area contributed by atoms with Crippen LogP contribution >= 0.6 is 15.9 Å². The van der Waals surface area contributed by atoms with Crippen LogP contribution in [-0.4, -0.2) is 20.4 Å². The lowest BCUT2D eigenvalue weighted by Crippen LogP contribution is -2.20. The summed E-state index contributed by atoms with van der Waals surface area (Å²) in [5.74, 6) is 0.514. The van der Waals surface area contributed by atoms with Gasteiger partial charge in [-0.05, 0) is 49.7 Å². The third-order valence-electron chi connectivity index (χ3n) is 6.02. The van der Waals surface area contributed by atoms with Gasteiger partial charge in [0.2, 0.25) is 0 Å². The van der Waals surface area contributed by atoms with Crippen LogP contribution < -0.4 is 5.56 Å². The van der Waals surface area contributed by atoms with Crippen LogP contribution in [-0.2, 0) is 6.54 Å². The molecular weight excluding hydrogens is 490 g/mol.